The fourth-order valence-electron chi connectivity index (χ4n) is 2.41. The number of nitrogens with one attached hydrogen (secondary N) is 1. The zero-order valence-electron chi connectivity index (χ0n) is 12.0. The highest BCUT2D eigenvalue weighted by Gasteiger charge is 2.18. The Morgan fingerprint density at radius 3 is 2.55 bits per heavy atom. The van der Waals surface area contributed by atoms with E-state index in [1.165, 1.54) is 28.8 Å². The second-order valence-corrected chi connectivity index (χ2v) is 5.35. The average Bonchev–Trinajstić information content (AvgIpc) is 2.40. The number of rotatable bonds is 4. The Balaban J connectivity index is 2.53. The van der Waals surface area contributed by atoms with Gasteiger partial charge in [0.25, 0.3) is 0 Å². The van der Waals surface area contributed by atoms with Crippen LogP contribution in [0, 0.1) is 19.7 Å². The summed E-state index contributed by atoms with van der Waals surface area (Å²) in [6, 6.07) is 10.8. The first kappa shape index (κ1) is 15.0. The molecule has 2 aromatic carbocycles. The molecule has 0 aliphatic rings. The topological polar surface area (TPSA) is 12.0 Å². The number of halogens is 2. The number of benzene rings is 2. The zero-order chi connectivity index (χ0) is 14.7. The molecule has 2 rings (SSSR count). The third kappa shape index (κ3) is 3.02. The van der Waals surface area contributed by atoms with Crippen molar-refractivity contribution in [1.82, 2.24) is 5.32 Å². The molecule has 1 N–H and O–H groups in total. The van der Waals surface area contributed by atoms with Crippen LogP contribution in [0.1, 0.15) is 35.2 Å². The average molecular weight is 292 g/mol. The molecule has 3 heteroatoms. The van der Waals surface area contributed by atoms with Gasteiger partial charge in [-0.1, -0.05) is 42.8 Å². The van der Waals surface area contributed by atoms with Gasteiger partial charge in [-0.3, -0.25) is 0 Å². The Morgan fingerprint density at radius 1 is 1.15 bits per heavy atom. The van der Waals surface area contributed by atoms with Crippen LogP contribution in [0.5, 0.6) is 0 Å². The fourth-order valence-corrected chi connectivity index (χ4v) is 2.69. The van der Waals surface area contributed by atoms with Crippen molar-refractivity contribution in [2.24, 2.45) is 0 Å². The van der Waals surface area contributed by atoms with Crippen LogP contribution in [0.3, 0.4) is 0 Å². The maximum absolute atomic E-state index is 13.2. The minimum atomic E-state index is -0.310. The van der Waals surface area contributed by atoms with Crippen LogP contribution >= 0.6 is 11.6 Å². The predicted octanol–water partition coefficient (Wildman–Crippen LogP) is 4.79. The Morgan fingerprint density at radius 2 is 1.90 bits per heavy atom. The standard InChI is InChI=1S/C17H19ClFN/c1-4-20-17(14-7-5-6-11(2)12(14)3)15-9-8-13(19)10-16(15)18/h5-10,17,20H,4H2,1-3H3. The van der Waals surface area contributed by atoms with E-state index in [2.05, 4.69) is 38.2 Å². The number of hydrogen-bond donors (Lipinski definition) is 1. The Kier molecular flexibility index (Phi) is 4.79. The molecule has 0 aliphatic heterocycles. The van der Waals surface area contributed by atoms with E-state index in [0.717, 1.165) is 12.1 Å². The van der Waals surface area contributed by atoms with Crippen molar-refractivity contribution >= 4 is 11.6 Å². The predicted molar refractivity (Wildman–Crippen MR) is 82.8 cm³/mol. The van der Waals surface area contributed by atoms with Crippen molar-refractivity contribution in [1.29, 1.82) is 0 Å². The fraction of sp³-hybridized carbons (Fsp3) is 0.294. The van der Waals surface area contributed by atoms with Crippen molar-refractivity contribution in [2.45, 2.75) is 26.8 Å². The van der Waals surface area contributed by atoms with E-state index in [9.17, 15) is 4.39 Å². The first-order valence-electron chi connectivity index (χ1n) is 6.79. The summed E-state index contributed by atoms with van der Waals surface area (Å²) in [5.41, 5.74) is 4.56. The third-order valence-corrected chi connectivity index (χ3v) is 3.97. The molecule has 0 fully saturated rings. The lowest BCUT2D eigenvalue weighted by atomic mass is 9.92. The maximum Gasteiger partial charge on any atom is 0.124 e. The van der Waals surface area contributed by atoms with Crippen LogP contribution in [0.4, 0.5) is 4.39 Å². The van der Waals surface area contributed by atoms with Crippen molar-refractivity contribution < 1.29 is 4.39 Å². The van der Waals surface area contributed by atoms with E-state index in [-0.39, 0.29) is 11.9 Å². The second kappa shape index (κ2) is 6.38. The van der Waals surface area contributed by atoms with E-state index in [0.29, 0.717) is 5.02 Å². The van der Waals surface area contributed by atoms with Gasteiger partial charge in [0.15, 0.2) is 0 Å². The zero-order valence-corrected chi connectivity index (χ0v) is 12.8. The van der Waals surface area contributed by atoms with Gasteiger partial charge in [0.05, 0.1) is 6.04 Å². The number of hydrogen-bond acceptors (Lipinski definition) is 1. The summed E-state index contributed by atoms with van der Waals surface area (Å²) in [5, 5.41) is 3.89. The molecule has 1 atom stereocenters. The molecule has 1 nitrogen and oxygen atoms in total. The molecule has 0 aromatic heterocycles. The minimum absolute atomic E-state index is 0.0204. The van der Waals surface area contributed by atoms with Crippen LogP contribution < -0.4 is 5.32 Å². The Bertz CT molecular complexity index is 610. The van der Waals surface area contributed by atoms with Crippen LogP contribution in [-0.4, -0.2) is 6.54 Å². The van der Waals surface area contributed by atoms with E-state index in [1.54, 1.807) is 6.07 Å². The molecule has 20 heavy (non-hydrogen) atoms. The molecular formula is C17H19ClFN. The van der Waals surface area contributed by atoms with E-state index in [1.807, 2.05) is 6.07 Å². The van der Waals surface area contributed by atoms with Gasteiger partial charge in [0.1, 0.15) is 5.82 Å². The summed E-state index contributed by atoms with van der Waals surface area (Å²) >= 11 is 6.22. The molecule has 106 valence electrons. The maximum atomic E-state index is 13.2. The van der Waals surface area contributed by atoms with E-state index < -0.39 is 0 Å². The van der Waals surface area contributed by atoms with E-state index >= 15 is 0 Å². The second-order valence-electron chi connectivity index (χ2n) is 4.95. The van der Waals surface area contributed by atoms with Crippen molar-refractivity contribution in [3.8, 4) is 0 Å². The lowest BCUT2D eigenvalue weighted by Gasteiger charge is -2.23. The summed E-state index contributed by atoms with van der Waals surface area (Å²) in [6.45, 7) is 7.06. The van der Waals surface area contributed by atoms with Gasteiger partial charge in [-0.15, -0.1) is 0 Å². The highest BCUT2D eigenvalue weighted by atomic mass is 35.5. The quantitative estimate of drug-likeness (QED) is 0.853. The molecule has 0 amide bonds. The molecule has 0 spiro atoms. The lowest BCUT2D eigenvalue weighted by molar-refractivity contribution is 0.612. The lowest BCUT2D eigenvalue weighted by Crippen LogP contribution is -2.23. The highest BCUT2D eigenvalue weighted by molar-refractivity contribution is 6.31. The monoisotopic (exact) mass is 291 g/mol. The van der Waals surface area contributed by atoms with Crippen molar-refractivity contribution in [2.75, 3.05) is 6.54 Å². The van der Waals surface area contributed by atoms with E-state index in [4.69, 9.17) is 11.6 Å². The first-order valence-corrected chi connectivity index (χ1v) is 7.16. The molecule has 0 saturated heterocycles. The smallest absolute Gasteiger partial charge is 0.124 e. The van der Waals surface area contributed by atoms with Crippen molar-refractivity contribution in [3.05, 3.63) is 69.5 Å². The largest absolute Gasteiger partial charge is 0.306 e. The van der Waals surface area contributed by atoms with Gasteiger partial charge in [-0.2, -0.15) is 0 Å². The molecule has 0 radical (unpaired) electrons. The van der Waals surface area contributed by atoms with Gasteiger partial charge >= 0.3 is 0 Å². The summed E-state index contributed by atoms with van der Waals surface area (Å²) in [6.07, 6.45) is 0. The molecule has 0 bridgehead atoms. The minimum Gasteiger partial charge on any atom is -0.306 e. The summed E-state index contributed by atoms with van der Waals surface area (Å²) in [4.78, 5) is 0. The van der Waals surface area contributed by atoms with Gasteiger partial charge < -0.3 is 5.32 Å². The van der Waals surface area contributed by atoms with Gasteiger partial charge in [0.2, 0.25) is 0 Å². The molecule has 0 saturated carbocycles. The summed E-state index contributed by atoms with van der Waals surface area (Å²) < 4.78 is 13.2. The highest BCUT2D eigenvalue weighted by Crippen LogP contribution is 2.31. The van der Waals surface area contributed by atoms with Crippen LogP contribution in [0.15, 0.2) is 36.4 Å². The van der Waals surface area contributed by atoms with Gasteiger partial charge in [-0.05, 0) is 54.8 Å². The molecule has 1 unspecified atom stereocenters. The van der Waals surface area contributed by atoms with Crippen LogP contribution in [-0.2, 0) is 0 Å². The Labute approximate surface area is 124 Å². The summed E-state index contributed by atoms with van der Waals surface area (Å²) in [5.74, 6) is -0.310. The first-order chi connectivity index (χ1) is 9.54. The van der Waals surface area contributed by atoms with Crippen molar-refractivity contribution in [3.63, 3.8) is 0 Å². The summed E-state index contributed by atoms with van der Waals surface area (Å²) in [7, 11) is 0. The van der Waals surface area contributed by atoms with Gasteiger partial charge in [-0.25, -0.2) is 4.39 Å². The number of aryl methyl sites for hydroxylation is 1. The molecular weight excluding hydrogens is 273 g/mol. The molecule has 0 aliphatic carbocycles. The third-order valence-electron chi connectivity index (χ3n) is 3.64. The van der Waals surface area contributed by atoms with Crippen LogP contribution in [0.25, 0.3) is 0 Å². The van der Waals surface area contributed by atoms with Crippen LogP contribution in [0.2, 0.25) is 5.02 Å². The Hall–Kier alpha value is -1.38. The molecule has 2 aromatic rings. The molecule has 0 heterocycles. The SMILES string of the molecule is CCNC(c1ccc(F)cc1Cl)c1cccc(C)c1C. The normalized spacial score (nSPS) is 12.4. The van der Waals surface area contributed by atoms with Gasteiger partial charge in [0, 0.05) is 5.02 Å².